The maximum Gasteiger partial charge on any atom is 0.458 e. The fourth-order valence-corrected chi connectivity index (χ4v) is 3.87. The molecule has 0 radical (unpaired) electrons. The predicted octanol–water partition coefficient (Wildman–Crippen LogP) is 5.33. The molecule has 6 nitrogen and oxygen atoms in total. The van der Waals surface area contributed by atoms with Gasteiger partial charge in [-0.05, 0) is 18.6 Å². The number of nitrogens with zero attached hydrogens (tertiary/aromatic N) is 4. The zero-order valence-electron chi connectivity index (χ0n) is 18.7. The van der Waals surface area contributed by atoms with Gasteiger partial charge < -0.3 is 10.6 Å². The molecule has 4 aromatic rings. The van der Waals surface area contributed by atoms with Crippen molar-refractivity contribution in [3.05, 3.63) is 65.1 Å². The highest BCUT2D eigenvalue weighted by atomic mass is 19.4. The second kappa shape index (κ2) is 8.14. The van der Waals surface area contributed by atoms with Crippen LogP contribution in [0, 0.1) is 5.82 Å². The van der Waals surface area contributed by atoms with Crippen molar-refractivity contribution >= 4 is 33.5 Å². The van der Waals surface area contributed by atoms with Gasteiger partial charge >= 0.3 is 12.1 Å². The molecular weight excluding hydrogens is 476 g/mol. The van der Waals surface area contributed by atoms with E-state index in [9.17, 15) is 31.1 Å². The Morgan fingerprint density at radius 2 is 1.71 bits per heavy atom. The number of nitrogen functional groups attached to an aromatic ring is 1. The molecule has 0 saturated carbocycles. The van der Waals surface area contributed by atoms with E-state index < -0.39 is 35.4 Å². The Morgan fingerprint density at radius 1 is 1.09 bits per heavy atom. The van der Waals surface area contributed by atoms with Crippen molar-refractivity contribution in [2.24, 2.45) is 7.05 Å². The van der Waals surface area contributed by atoms with Gasteiger partial charge in [-0.1, -0.05) is 24.3 Å². The minimum atomic E-state index is -5.74. The van der Waals surface area contributed by atoms with Crippen LogP contribution >= 0.6 is 0 Å². The highest BCUT2D eigenvalue weighted by molar-refractivity contribution is 6.10. The van der Waals surface area contributed by atoms with Crippen LogP contribution in [-0.2, 0) is 13.0 Å². The molecule has 1 unspecified atom stereocenters. The molecule has 2 N–H and O–H groups in total. The summed E-state index contributed by atoms with van der Waals surface area (Å²) >= 11 is 0. The van der Waals surface area contributed by atoms with Gasteiger partial charge in [0.2, 0.25) is 0 Å². The monoisotopic (exact) mass is 495 g/mol. The van der Waals surface area contributed by atoms with Crippen LogP contribution in [0.4, 0.5) is 32.2 Å². The predicted molar refractivity (Wildman–Crippen MR) is 117 cm³/mol. The largest absolute Gasteiger partial charge is 0.458 e. The molecule has 2 aromatic heterocycles. The number of carbonyl (C=O) groups is 1. The lowest BCUT2D eigenvalue weighted by atomic mass is 10.0. The molecule has 1 atom stereocenters. The van der Waals surface area contributed by atoms with Crippen LogP contribution in [0.15, 0.2) is 42.6 Å². The van der Waals surface area contributed by atoms with E-state index in [0.717, 1.165) is 23.1 Å². The standard InChI is InChI=1S/C23H19F6N5O/c1-11(12-4-6-13(7-5-12)22(25,26)23(27,28)29)33(2)21(35)14-8-15-18(9-17(14)24)32-20(30)16-10-31-34(3)19(15)16/h4-11H,1-3H3,(H2,30,32). The number of pyridine rings is 1. The average molecular weight is 495 g/mol. The fourth-order valence-electron chi connectivity index (χ4n) is 3.87. The van der Waals surface area contributed by atoms with Gasteiger partial charge in [0, 0.05) is 31.1 Å². The van der Waals surface area contributed by atoms with Crippen LogP contribution in [0.2, 0.25) is 0 Å². The molecule has 12 heteroatoms. The first kappa shape index (κ1) is 24.3. The van der Waals surface area contributed by atoms with Gasteiger partial charge in [-0.25, -0.2) is 9.37 Å². The molecule has 0 saturated heterocycles. The van der Waals surface area contributed by atoms with Crippen molar-refractivity contribution in [3.63, 3.8) is 0 Å². The number of carbonyl (C=O) groups excluding carboxylic acids is 1. The Labute approximate surface area is 194 Å². The van der Waals surface area contributed by atoms with E-state index in [-0.39, 0.29) is 22.5 Å². The van der Waals surface area contributed by atoms with Crippen molar-refractivity contribution < 1.29 is 31.1 Å². The maximum absolute atomic E-state index is 14.9. The van der Waals surface area contributed by atoms with E-state index in [4.69, 9.17) is 5.73 Å². The first-order valence-corrected chi connectivity index (χ1v) is 10.3. The van der Waals surface area contributed by atoms with Gasteiger partial charge in [-0.15, -0.1) is 0 Å². The van der Waals surface area contributed by atoms with Crippen molar-refractivity contribution in [3.8, 4) is 0 Å². The molecule has 1 amide bonds. The molecule has 0 bridgehead atoms. The van der Waals surface area contributed by atoms with Crippen molar-refractivity contribution in [1.29, 1.82) is 0 Å². The first-order valence-electron chi connectivity index (χ1n) is 10.3. The molecule has 2 heterocycles. The number of nitrogens with two attached hydrogens (primary N) is 1. The lowest BCUT2D eigenvalue weighted by Crippen LogP contribution is -2.33. The van der Waals surface area contributed by atoms with E-state index in [1.807, 2.05) is 0 Å². The Kier molecular flexibility index (Phi) is 5.65. The summed E-state index contributed by atoms with van der Waals surface area (Å²) in [5.74, 6) is -6.44. The normalized spacial score (nSPS) is 13.4. The number of halogens is 6. The van der Waals surface area contributed by atoms with Crippen molar-refractivity contribution in [2.75, 3.05) is 12.8 Å². The smallest absolute Gasteiger partial charge is 0.383 e. The summed E-state index contributed by atoms with van der Waals surface area (Å²) in [5, 5.41) is 5.10. The van der Waals surface area contributed by atoms with E-state index >= 15 is 0 Å². The van der Waals surface area contributed by atoms with E-state index in [2.05, 4.69) is 10.1 Å². The molecule has 0 aliphatic carbocycles. The lowest BCUT2D eigenvalue weighted by Gasteiger charge is -2.26. The van der Waals surface area contributed by atoms with Gasteiger partial charge in [-0.2, -0.15) is 27.1 Å². The molecule has 4 rings (SSSR count). The molecule has 2 aromatic carbocycles. The Balaban J connectivity index is 1.68. The fraction of sp³-hybridized carbons (Fsp3) is 0.261. The maximum atomic E-state index is 14.9. The third kappa shape index (κ3) is 3.92. The number of fused-ring (bicyclic) bond motifs is 3. The zero-order valence-corrected chi connectivity index (χ0v) is 18.7. The Morgan fingerprint density at radius 3 is 2.31 bits per heavy atom. The summed E-state index contributed by atoms with van der Waals surface area (Å²) < 4.78 is 81.4. The van der Waals surface area contributed by atoms with Gasteiger partial charge in [0.1, 0.15) is 11.6 Å². The van der Waals surface area contributed by atoms with Gasteiger partial charge in [0.05, 0.1) is 34.2 Å². The van der Waals surface area contributed by atoms with E-state index in [1.54, 1.807) is 7.05 Å². The highest BCUT2D eigenvalue weighted by Crippen LogP contribution is 2.44. The SMILES string of the molecule is CC(c1ccc(C(F)(F)C(F)(F)F)cc1)N(C)C(=O)c1cc2c(cc1F)nc(N)c1cnn(C)c12. The zero-order chi connectivity index (χ0) is 25.9. The average Bonchev–Trinajstić information content (AvgIpc) is 3.19. The number of hydrogen-bond acceptors (Lipinski definition) is 4. The number of hydrogen-bond donors (Lipinski definition) is 1. The molecule has 184 valence electrons. The second-order valence-corrected chi connectivity index (χ2v) is 8.16. The van der Waals surface area contributed by atoms with Crippen LogP contribution < -0.4 is 5.73 Å². The summed E-state index contributed by atoms with van der Waals surface area (Å²) in [6.45, 7) is 1.54. The summed E-state index contributed by atoms with van der Waals surface area (Å²) in [4.78, 5) is 18.5. The van der Waals surface area contributed by atoms with E-state index in [1.165, 1.54) is 30.9 Å². The molecule has 0 spiro atoms. The quantitative estimate of drug-likeness (QED) is 0.389. The van der Waals surface area contributed by atoms with Crippen LogP contribution in [0.3, 0.4) is 0 Å². The summed E-state index contributed by atoms with van der Waals surface area (Å²) in [5.41, 5.74) is 5.49. The minimum absolute atomic E-state index is 0.157. The first-order chi connectivity index (χ1) is 16.2. The van der Waals surface area contributed by atoms with Crippen molar-refractivity contribution in [1.82, 2.24) is 19.7 Å². The van der Waals surface area contributed by atoms with Crippen LogP contribution in [0.5, 0.6) is 0 Å². The minimum Gasteiger partial charge on any atom is -0.383 e. The van der Waals surface area contributed by atoms with Gasteiger partial charge in [0.15, 0.2) is 0 Å². The molecule has 35 heavy (non-hydrogen) atoms. The number of amides is 1. The number of benzene rings is 2. The molecule has 0 fully saturated rings. The number of anilines is 1. The van der Waals surface area contributed by atoms with E-state index in [0.29, 0.717) is 28.4 Å². The number of aromatic nitrogens is 3. The third-order valence-corrected chi connectivity index (χ3v) is 6.04. The highest BCUT2D eigenvalue weighted by Gasteiger charge is 2.58. The number of aryl methyl sites for hydroxylation is 1. The molecular formula is C23H19F6N5O. The van der Waals surface area contributed by atoms with Crippen LogP contribution in [0.25, 0.3) is 21.8 Å². The Bertz CT molecular complexity index is 1450. The number of rotatable bonds is 4. The Hall–Kier alpha value is -3.83. The number of alkyl halides is 5. The van der Waals surface area contributed by atoms with Gasteiger partial charge in [0.25, 0.3) is 5.91 Å². The summed E-state index contributed by atoms with van der Waals surface area (Å²) in [6.07, 6.45) is -4.23. The molecule has 0 aliphatic heterocycles. The van der Waals surface area contributed by atoms with Crippen LogP contribution in [0.1, 0.15) is 34.5 Å². The van der Waals surface area contributed by atoms with Crippen LogP contribution in [-0.4, -0.2) is 38.8 Å². The van der Waals surface area contributed by atoms with Gasteiger partial charge in [-0.3, -0.25) is 9.48 Å². The second-order valence-electron chi connectivity index (χ2n) is 8.16. The van der Waals surface area contributed by atoms with Crippen molar-refractivity contribution in [2.45, 2.75) is 25.1 Å². The molecule has 0 aliphatic rings. The topological polar surface area (TPSA) is 77.0 Å². The third-order valence-electron chi connectivity index (χ3n) is 6.04. The lowest BCUT2D eigenvalue weighted by molar-refractivity contribution is -0.289. The summed E-state index contributed by atoms with van der Waals surface area (Å²) in [6, 6.07) is 5.11. The summed E-state index contributed by atoms with van der Waals surface area (Å²) in [7, 11) is 3.03.